The zero-order valence-electron chi connectivity index (χ0n) is 6.40. The molecule has 0 aromatic rings. The van der Waals surface area contributed by atoms with Crippen LogP contribution in [0.3, 0.4) is 0 Å². The van der Waals surface area contributed by atoms with Crippen molar-refractivity contribution in [1.82, 2.24) is 0 Å². The maximum atomic E-state index is 10.5. The monoisotopic (exact) mass is 174 g/mol. The Balaban J connectivity index is 2.64. The topological polar surface area (TPSA) is 83.8 Å². The van der Waals surface area contributed by atoms with Crippen LogP contribution in [0, 0.1) is 11.8 Å². The van der Waals surface area contributed by atoms with Gasteiger partial charge in [0.2, 0.25) is 0 Å². The maximum absolute atomic E-state index is 10.5. The van der Waals surface area contributed by atoms with E-state index >= 15 is 0 Å². The number of rotatable bonds is 3. The first-order valence-corrected chi connectivity index (χ1v) is 3.66. The van der Waals surface area contributed by atoms with E-state index in [1.807, 2.05) is 0 Å². The molecule has 1 saturated heterocycles. The summed E-state index contributed by atoms with van der Waals surface area (Å²) in [5.41, 5.74) is 0. The van der Waals surface area contributed by atoms with Gasteiger partial charge in [0.1, 0.15) is 0 Å². The van der Waals surface area contributed by atoms with Crippen molar-refractivity contribution in [3.05, 3.63) is 0 Å². The van der Waals surface area contributed by atoms with Gasteiger partial charge in [-0.2, -0.15) is 0 Å². The molecule has 0 aromatic heterocycles. The molecule has 0 saturated carbocycles. The van der Waals surface area contributed by atoms with Gasteiger partial charge in [-0.15, -0.1) is 0 Å². The third kappa shape index (κ3) is 1.73. The Hall–Kier alpha value is -1.10. The highest BCUT2D eigenvalue weighted by atomic mass is 16.5. The van der Waals surface area contributed by atoms with Crippen molar-refractivity contribution in [1.29, 1.82) is 0 Å². The number of carboxylic acid groups (broad SMARTS) is 2. The van der Waals surface area contributed by atoms with Crippen LogP contribution < -0.4 is 0 Å². The van der Waals surface area contributed by atoms with Crippen LogP contribution >= 0.6 is 0 Å². The molecular weight excluding hydrogens is 164 g/mol. The number of aliphatic carboxylic acids is 2. The lowest BCUT2D eigenvalue weighted by atomic mass is 9.92. The van der Waals surface area contributed by atoms with Gasteiger partial charge in [0.25, 0.3) is 0 Å². The van der Waals surface area contributed by atoms with Crippen LogP contribution in [0.25, 0.3) is 0 Å². The summed E-state index contributed by atoms with van der Waals surface area (Å²) in [5, 5.41) is 17.1. The fourth-order valence-corrected chi connectivity index (χ4v) is 1.32. The molecule has 5 nitrogen and oxygen atoms in total. The molecule has 1 unspecified atom stereocenters. The predicted molar refractivity (Wildman–Crippen MR) is 37.7 cm³/mol. The van der Waals surface area contributed by atoms with E-state index in [1.54, 1.807) is 0 Å². The molecule has 5 heteroatoms. The van der Waals surface area contributed by atoms with E-state index in [2.05, 4.69) is 0 Å². The third-order valence-electron chi connectivity index (χ3n) is 1.97. The van der Waals surface area contributed by atoms with E-state index < -0.39 is 17.9 Å². The minimum absolute atomic E-state index is 0.239. The van der Waals surface area contributed by atoms with Crippen LogP contribution in [0.4, 0.5) is 0 Å². The highest BCUT2D eigenvalue weighted by molar-refractivity contribution is 5.93. The minimum atomic E-state index is -1.31. The van der Waals surface area contributed by atoms with Gasteiger partial charge in [0.15, 0.2) is 5.92 Å². The number of hydrogen-bond acceptors (Lipinski definition) is 3. The summed E-state index contributed by atoms with van der Waals surface area (Å²) in [4.78, 5) is 21.0. The van der Waals surface area contributed by atoms with Crippen molar-refractivity contribution in [3.63, 3.8) is 0 Å². The van der Waals surface area contributed by atoms with Crippen LogP contribution in [-0.4, -0.2) is 35.4 Å². The molecule has 2 N–H and O–H groups in total. The van der Waals surface area contributed by atoms with Crippen LogP contribution in [-0.2, 0) is 14.3 Å². The fraction of sp³-hybridized carbons (Fsp3) is 0.714. The number of carboxylic acids is 2. The molecule has 0 amide bonds. The SMILES string of the molecule is O=C(O)C(C(=O)O)C1CCOC1. The Kier molecular flexibility index (Phi) is 2.65. The van der Waals surface area contributed by atoms with Crippen molar-refractivity contribution in [2.75, 3.05) is 13.2 Å². The van der Waals surface area contributed by atoms with Gasteiger partial charge in [0.05, 0.1) is 6.61 Å². The number of ether oxygens (including phenoxy) is 1. The molecule has 1 rings (SSSR count). The normalized spacial score (nSPS) is 22.9. The zero-order valence-corrected chi connectivity index (χ0v) is 6.40. The highest BCUT2D eigenvalue weighted by Gasteiger charge is 2.36. The zero-order chi connectivity index (χ0) is 9.14. The van der Waals surface area contributed by atoms with Gasteiger partial charge in [-0.25, -0.2) is 0 Å². The van der Waals surface area contributed by atoms with Gasteiger partial charge in [-0.05, 0) is 6.42 Å². The Morgan fingerprint density at radius 1 is 1.33 bits per heavy atom. The number of hydrogen-bond donors (Lipinski definition) is 2. The summed E-state index contributed by atoms with van der Waals surface area (Å²) in [5.74, 6) is -4.25. The minimum Gasteiger partial charge on any atom is -0.481 e. The molecule has 12 heavy (non-hydrogen) atoms. The summed E-state index contributed by atoms with van der Waals surface area (Å²) in [7, 11) is 0. The lowest BCUT2D eigenvalue weighted by Crippen LogP contribution is -2.31. The number of carbonyl (C=O) groups is 2. The van der Waals surface area contributed by atoms with E-state index in [-0.39, 0.29) is 12.5 Å². The Bertz CT molecular complexity index is 180. The third-order valence-corrected chi connectivity index (χ3v) is 1.97. The van der Waals surface area contributed by atoms with Gasteiger partial charge in [0, 0.05) is 12.5 Å². The molecule has 0 bridgehead atoms. The van der Waals surface area contributed by atoms with E-state index in [9.17, 15) is 9.59 Å². The molecule has 1 atom stereocenters. The van der Waals surface area contributed by atoms with Crippen LogP contribution in [0.15, 0.2) is 0 Å². The van der Waals surface area contributed by atoms with Crippen molar-refractivity contribution in [2.24, 2.45) is 11.8 Å². The van der Waals surface area contributed by atoms with Crippen molar-refractivity contribution in [3.8, 4) is 0 Å². The largest absolute Gasteiger partial charge is 0.481 e. The average molecular weight is 174 g/mol. The molecule has 0 aromatic carbocycles. The standard InChI is InChI=1S/C7H10O5/c8-6(9)5(7(10)11)4-1-2-12-3-4/h4-5H,1-3H2,(H,8,9)(H,10,11). The molecule has 1 fully saturated rings. The van der Waals surface area contributed by atoms with E-state index in [4.69, 9.17) is 14.9 Å². The molecule has 1 heterocycles. The summed E-state index contributed by atoms with van der Waals surface area (Å²) in [6, 6.07) is 0. The summed E-state index contributed by atoms with van der Waals surface area (Å²) >= 11 is 0. The van der Waals surface area contributed by atoms with Crippen LogP contribution in [0.5, 0.6) is 0 Å². The van der Waals surface area contributed by atoms with Crippen LogP contribution in [0.1, 0.15) is 6.42 Å². The Morgan fingerprint density at radius 2 is 1.92 bits per heavy atom. The predicted octanol–water partition coefficient (Wildman–Crippen LogP) is -0.192. The molecule has 0 spiro atoms. The van der Waals surface area contributed by atoms with Gasteiger partial charge < -0.3 is 14.9 Å². The second-order valence-electron chi connectivity index (χ2n) is 2.78. The summed E-state index contributed by atoms with van der Waals surface area (Å²) in [6.07, 6.45) is 0.517. The first-order chi connectivity index (χ1) is 5.63. The van der Waals surface area contributed by atoms with Crippen molar-refractivity contribution < 1.29 is 24.5 Å². The van der Waals surface area contributed by atoms with E-state index in [0.29, 0.717) is 13.0 Å². The molecular formula is C7H10O5. The lowest BCUT2D eigenvalue weighted by molar-refractivity contribution is -0.157. The first-order valence-electron chi connectivity index (χ1n) is 3.66. The molecule has 0 aliphatic carbocycles. The van der Waals surface area contributed by atoms with Crippen molar-refractivity contribution in [2.45, 2.75) is 6.42 Å². The Labute approximate surface area is 68.9 Å². The average Bonchev–Trinajstić information content (AvgIpc) is 2.37. The summed E-state index contributed by atoms with van der Waals surface area (Å²) in [6.45, 7) is 0.699. The quantitative estimate of drug-likeness (QED) is 0.579. The lowest BCUT2D eigenvalue weighted by Gasteiger charge is -2.12. The smallest absolute Gasteiger partial charge is 0.318 e. The fourth-order valence-electron chi connectivity index (χ4n) is 1.32. The molecule has 0 radical (unpaired) electrons. The van der Waals surface area contributed by atoms with Gasteiger partial charge in [-0.3, -0.25) is 9.59 Å². The van der Waals surface area contributed by atoms with E-state index in [0.717, 1.165) is 0 Å². The maximum Gasteiger partial charge on any atom is 0.318 e. The first kappa shape index (κ1) is 8.99. The Morgan fingerprint density at radius 3 is 2.25 bits per heavy atom. The van der Waals surface area contributed by atoms with Gasteiger partial charge >= 0.3 is 11.9 Å². The van der Waals surface area contributed by atoms with Gasteiger partial charge in [-0.1, -0.05) is 0 Å². The second-order valence-corrected chi connectivity index (χ2v) is 2.78. The summed E-state index contributed by atoms with van der Waals surface area (Å²) < 4.78 is 4.91. The van der Waals surface area contributed by atoms with Crippen LogP contribution in [0.2, 0.25) is 0 Å². The van der Waals surface area contributed by atoms with Crippen molar-refractivity contribution >= 4 is 11.9 Å². The molecule has 1 aliphatic heterocycles. The highest BCUT2D eigenvalue weighted by Crippen LogP contribution is 2.22. The molecule has 68 valence electrons. The van der Waals surface area contributed by atoms with E-state index in [1.165, 1.54) is 0 Å². The molecule has 1 aliphatic rings. The second kappa shape index (κ2) is 3.53.